The largest absolute Gasteiger partial charge is 0.390 e. The third-order valence-electron chi connectivity index (χ3n) is 2.78. The van der Waals surface area contributed by atoms with Crippen molar-refractivity contribution in [2.45, 2.75) is 63.6 Å². The molecule has 1 aliphatic heterocycles. The van der Waals surface area contributed by atoms with Gasteiger partial charge in [0.15, 0.2) is 0 Å². The second kappa shape index (κ2) is 3.66. The molecule has 0 radical (unpaired) electrons. The van der Waals surface area contributed by atoms with E-state index in [4.69, 9.17) is 11.6 Å². The van der Waals surface area contributed by atoms with Gasteiger partial charge in [-0.3, -0.25) is 0 Å². The van der Waals surface area contributed by atoms with Gasteiger partial charge in [-0.05, 0) is 47.0 Å². The molecular formula is C11H22ClNO. The van der Waals surface area contributed by atoms with E-state index in [1.54, 1.807) is 0 Å². The number of hydrogen-bond acceptors (Lipinski definition) is 2. The van der Waals surface area contributed by atoms with Crippen LogP contribution in [0.3, 0.4) is 0 Å². The predicted octanol–water partition coefficient (Wildman–Crippen LogP) is 2.29. The third kappa shape index (κ3) is 3.11. The summed E-state index contributed by atoms with van der Waals surface area (Å²) >= 11 is 5.73. The Kier molecular flexibility index (Phi) is 3.21. The molecule has 0 amide bonds. The van der Waals surface area contributed by atoms with E-state index in [0.29, 0.717) is 12.3 Å². The van der Waals surface area contributed by atoms with Crippen molar-refractivity contribution in [3.63, 3.8) is 0 Å². The molecule has 0 unspecified atom stereocenters. The second-order valence-corrected chi connectivity index (χ2v) is 6.29. The molecule has 14 heavy (non-hydrogen) atoms. The average Bonchev–Trinajstić information content (AvgIpc) is 1.75. The minimum atomic E-state index is -0.597. The maximum Gasteiger partial charge on any atom is 0.0693 e. The number of aliphatic hydroxyl groups is 1. The van der Waals surface area contributed by atoms with Crippen molar-refractivity contribution >= 4 is 11.6 Å². The van der Waals surface area contributed by atoms with Gasteiger partial charge in [-0.1, -0.05) is 0 Å². The lowest BCUT2D eigenvalue weighted by Gasteiger charge is -2.50. The topological polar surface area (TPSA) is 32.3 Å². The highest BCUT2D eigenvalue weighted by molar-refractivity contribution is 6.17. The van der Waals surface area contributed by atoms with Crippen LogP contribution in [0.15, 0.2) is 0 Å². The van der Waals surface area contributed by atoms with Gasteiger partial charge in [-0.25, -0.2) is 0 Å². The highest BCUT2D eigenvalue weighted by Gasteiger charge is 2.45. The zero-order valence-electron chi connectivity index (χ0n) is 9.65. The summed E-state index contributed by atoms with van der Waals surface area (Å²) in [5.41, 5.74) is -0.620. The normalized spacial score (nSPS) is 28.7. The fourth-order valence-corrected chi connectivity index (χ4v) is 3.42. The van der Waals surface area contributed by atoms with Gasteiger partial charge < -0.3 is 10.4 Å². The van der Waals surface area contributed by atoms with E-state index in [0.717, 1.165) is 12.8 Å². The number of nitrogens with one attached hydrogen (secondary N) is 1. The molecule has 0 aliphatic carbocycles. The fraction of sp³-hybridized carbons (Fsp3) is 1.00. The van der Waals surface area contributed by atoms with Gasteiger partial charge in [-0.2, -0.15) is 0 Å². The van der Waals surface area contributed by atoms with Crippen LogP contribution in [-0.4, -0.2) is 27.7 Å². The lowest BCUT2D eigenvalue weighted by atomic mass is 9.72. The smallest absolute Gasteiger partial charge is 0.0693 e. The standard InChI is InChI=1S/C11H22ClNO/c1-9(2)7-11(14,5-6-12)8-10(3,4)13-9/h13-14H,5-8H2,1-4H3. The first-order valence-electron chi connectivity index (χ1n) is 5.26. The lowest BCUT2D eigenvalue weighted by Crippen LogP contribution is -2.63. The van der Waals surface area contributed by atoms with Crippen LogP contribution in [0.5, 0.6) is 0 Å². The van der Waals surface area contributed by atoms with Crippen molar-refractivity contribution in [3.05, 3.63) is 0 Å². The Balaban J connectivity index is 2.80. The summed E-state index contributed by atoms with van der Waals surface area (Å²) in [4.78, 5) is 0. The first-order chi connectivity index (χ1) is 6.18. The van der Waals surface area contributed by atoms with Crippen LogP contribution in [0.25, 0.3) is 0 Å². The van der Waals surface area contributed by atoms with Gasteiger partial charge in [-0.15, -0.1) is 11.6 Å². The van der Waals surface area contributed by atoms with Crippen LogP contribution in [0, 0.1) is 0 Å². The molecule has 0 aromatic heterocycles. The molecule has 0 aromatic carbocycles. The number of alkyl halides is 1. The first kappa shape index (κ1) is 12.3. The Morgan fingerprint density at radius 2 is 1.57 bits per heavy atom. The molecule has 1 heterocycles. The number of piperidine rings is 1. The summed E-state index contributed by atoms with van der Waals surface area (Å²) in [7, 11) is 0. The summed E-state index contributed by atoms with van der Waals surface area (Å²) in [5, 5.41) is 14.0. The van der Waals surface area contributed by atoms with Gasteiger partial charge >= 0.3 is 0 Å². The lowest BCUT2D eigenvalue weighted by molar-refractivity contribution is -0.0577. The van der Waals surface area contributed by atoms with Crippen LogP contribution >= 0.6 is 11.6 Å². The first-order valence-corrected chi connectivity index (χ1v) is 5.79. The second-order valence-electron chi connectivity index (χ2n) is 5.91. The SMILES string of the molecule is CC1(C)CC(O)(CCCl)CC(C)(C)N1. The Bertz CT molecular complexity index is 197. The highest BCUT2D eigenvalue weighted by atomic mass is 35.5. The van der Waals surface area contributed by atoms with Gasteiger partial charge in [0.1, 0.15) is 0 Å². The van der Waals surface area contributed by atoms with Crippen molar-refractivity contribution in [2.24, 2.45) is 0 Å². The van der Waals surface area contributed by atoms with Gasteiger partial charge in [0.25, 0.3) is 0 Å². The zero-order chi connectivity index (χ0) is 11.0. The van der Waals surface area contributed by atoms with Crippen LogP contribution in [0.4, 0.5) is 0 Å². The minimum Gasteiger partial charge on any atom is -0.390 e. The van der Waals surface area contributed by atoms with E-state index in [1.807, 2.05) is 0 Å². The van der Waals surface area contributed by atoms with E-state index in [9.17, 15) is 5.11 Å². The maximum absolute atomic E-state index is 10.4. The molecule has 0 saturated carbocycles. The Hall–Kier alpha value is 0.210. The Morgan fingerprint density at radius 1 is 1.14 bits per heavy atom. The van der Waals surface area contributed by atoms with Crippen molar-refractivity contribution < 1.29 is 5.11 Å². The molecule has 1 rings (SSSR count). The van der Waals surface area contributed by atoms with Crippen LogP contribution in [0.1, 0.15) is 47.0 Å². The molecule has 0 spiro atoms. The molecule has 0 atom stereocenters. The molecule has 1 fully saturated rings. The fourth-order valence-electron chi connectivity index (χ4n) is 3.06. The van der Waals surface area contributed by atoms with E-state index in [2.05, 4.69) is 33.0 Å². The molecule has 0 aromatic rings. The van der Waals surface area contributed by atoms with Gasteiger partial charge in [0.05, 0.1) is 5.60 Å². The molecular weight excluding hydrogens is 198 g/mol. The third-order valence-corrected chi connectivity index (χ3v) is 2.97. The quantitative estimate of drug-likeness (QED) is 0.699. The summed E-state index contributed by atoms with van der Waals surface area (Å²) in [6, 6.07) is 0. The molecule has 1 aliphatic rings. The van der Waals surface area contributed by atoms with Crippen molar-refractivity contribution in [3.8, 4) is 0 Å². The van der Waals surface area contributed by atoms with E-state index >= 15 is 0 Å². The molecule has 0 bridgehead atoms. The molecule has 84 valence electrons. The number of hydrogen-bond donors (Lipinski definition) is 2. The maximum atomic E-state index is 10.4. The van der Waals surface area contributed by atoms with Crippen LogP contribution < -0.4 is 5.32 Å². The zero-order valence-corrected chi connectivity index (χ0v) is 10.4. The van der Waals surface area contributed by atoms with E-state index in [-0.39, 0.29) is 11.1 Å². The summed E-state index contributed by atoms with van der Waals surface area (Å²) in [5.74, 6) is 0.530. The average molecular weight is 220 g/mol. The molecule has 1 saturated heterocycles. The summed E-state index contributed by atoms with van der Waals surface area (Å²) in [6.07, 6.45) is 2.23. The van der Waals surface area contributed by atoms with Crippen molar-refractivity contribution in [2.75, 3.05) is 5.88 Å². The molecule has 3 heteroatoms. The predicted molar refractivity (Wildman–Crippen MR) is 60.8 cm³/mol. The van der Waals surface area contributed by atoms with Gasteiger partial charge in [0, 0.05) is 17.0 Å². The van der Waals surface area contributed by atoms with Gasteiger partial charge in [0.2, 0.25) is 0 Å². The summed E-state index contributed by atoms with van der Waals surface area (Å²) < 4.78 is 0. The van der Waals surface area contributed by atoms with Crippen molar-refractivity contribution in [1.29, 1.82) is 0 Å². The van der Waals surface area contributed by atoms with Crippen LogP contribution in [0.2, 0.25) is 0 Å². The Morgan fingerprint density at radius 3 is 1.93 bits per heavy atom. The summed E-state index contributed by atoms with van der Waals surface area (Å²) in [6.45, 7) is 8.53. The minimum absolute atomic E-state index is 0.0114. The number of halogens is 1. The van der Waals surface area contributed by atoms with E-state index < -0.39 is 5.60 Å². The molecule has 2 nitrogen and oxygen atoms in total. The monoisotopic (exact) mass is 219 g/mol. The van der Waals surface area contributed by atoms with Crippen LogP contribution in [-0.2, 0) is 0 Å². The molecule has 2 N–H and O–H groups in total. The van der Waals surface area contributed by atoms with Crippen molar-refractivity contribution in [1.82, 2.24) is 5.32 Å². The highest BCUT2D eigenvalue weighted by Crippen LogP contribution is 2.37. The van der Waals surface area contributed by atoms with E-state index in [1.165, 1.54) is 0 Å². The number of rotatable bonds is 2. The Labute approximate surface area is 92.0 Å².